The van der Waals surface area contributed by atoms with Crippen molar-refractivity contribution in [3.63, 3.8) is 0 Å². The van der Waals surface area contributed by atoms with Gasteiger partial charge in [-0.2, -0.15) is 0 Å². The summed E-state index contributed by atoms with van der Waals surface area (Å²) in [6.45, 7) is 6.39. The van der Waals surface area contributed by atoms with Crippen LogP contribution in [0.3, 0.4) is 0 Å². The molecule has 0 fully saturated rings. The van der Waals surface area contributed by atoms with Crippen LogP contribution >= 0.6 is 12.4 Å². The summed E-state index contributed by atoms with van der Waals surface area (Å²) in [7, 11) is 0. The molecule has 0 aliphatic rings. The summed E-state index contributed by atoms with van der Waals surface area (Å²) >= 11 is 0. The Morgan fingerprint density at radius 2 is 2.00 bits per heavy atom. The third-order valence-electron chi connectivity index (χ3n) is 3.02. The molecule has 0 heterocycles. The molecule has 0 aliphatic heterocycles. The van der Waals surface area contributed by atoms with E-state index in [0.717, 1.165) is 23.1 Å². The molecular formula is C16H20ClNO. The predicted molar refractivity (Wildman–Crippen MR) is 84.1 cm³/mol. The quantitative estimate of drug-likeness (QED) is 0.830. The summed E-state index contributed by atoms with van der Waals surface area (Å²) in [5.74, 6) is 0.880. The van der Waals surface area contributed by atoms with E-state index < -0.39 is 0 Å². The molecule has 2 aromatic carbocycles. The smallest absolute Gasteiger partial charge is 0.124 e. The molecule has 0 bridgehead atoms. The molecule has 2 rings (SSSR count). The van der Waals surface area contributed by atoms with Gasteiger partial charge >= 0.3 is 0 Å². The van der Waals surface area contributed by atoms with Crippen LogP contribution in [-0.2, 0) is 0 Å². The molecule has 2 aromatic rings. The molecule has 2 N–H and O–H groups in total. The number of nitrogens with two attached hydrogens (primary N) is 1. The lowest BCUT2D eigenvalue weighted by Gasteiger charge is -2.18. The van der Waals surface area contributed by atoms with Crippen LogP contribution in [0.25, 0.3) is 10.8 Å². The van der Waals surface area contributed by atoms with Gasteiger partial charge in [-0.05, 0) is 30.2 Å². The van der Waals surface area contributed by atoms with Crippen molar-refractivity contribution in [2.45, 2.75) is 19.4 Å². The standard InChI is InChI=1S/C16H19NO.ClH/c1-3-7-14(17)16-13-9-6-5-8-12(13)10-11-15(16)18-4-2;/h3,5-6,8-11,14H,1,4,7,17H2,2H3;1H/t14-;/m0./s1. The zero-order valence-electron chi connectivity index (χ0n) is 11.1. The molecule has 2 nitrogen and oxygen atoms in total. The van der Waals surface area contributed by atoms with E-state index in [0.29, 0.717) is 6.61 Å². The molecule has 0 saturated heterocycles. The summed E-state index contributed by atoms with van der Waals surface area (Å²) in [6, 6.07) is 12.3. The van der Waals surface area contributed by atoms with Crippen LogP contribution in [0, 0.1) is 0 Å². The minimum Gasteiger partial charge on any atom is -0.494 e. The van der Waals surface area contributed by atoms with Crippen LogP contribution in [0.4, 0.5) is 0 Å². The van der Waals surface area contributed by atoms with Crippen molar-refractivity contribution in [3.05, 3.63) is 54.6 Å². The summed E-state index contributed by atoms with van der Waals surface area (Å²) in [6.07, 6.45) is 2.59. The first-order valence-corrected chi connectivity index (χ1v) is 6.28. The van der Waals surface area contributed by atoms with Crippen molar-refractivity contribution in [2.24, 2.45) is 5.73 Å². The van der Waals surface area contributed by atoms with Crippen molar-refractivity contribution in [3.8, 4) is 5.75 Å². The van der Waals surface area contributed by atoms with Gasteiger partial charge in [-0.25, -0.2) is 0 Å². The van der Waals surface area contributed by atoms with Gasteiger partial charge in [-0.3, -0.25) is 0 Å². The highest BCUT2D eigenvalue weighted by molar-refractivity contribution is 5.88. The fraction of sp³-hybridized carbons (Fsp3) is 0.250. The van der Waals surface area contributed by atoms with Crippen LogP contribution in [0.15, 0.2) is 49.1 Å². The number of rotatable bonds is 5. The van der Waals surface area contributed by atoms with Gasteiger partial charge < -0.3 is 10.5 Å². The Bertz CT molecular complexity index is 553. The average molecular weight is 278 g/mol. The Labute approximate surface area is 120 Å². The van der Waals surface area contributed by atoms with E-state index in [1.165, 1.54) is 5.39 Å². The topological polar surface area (TPSA) is 35.2 Å². The van der Waals surface area contributed by atoms with Gasteiger partial charge in [0.15, 0.2) is 0 Å². The second-order valence-electron chi connectivity index (χ2n) is 4.26. The first-order chi connectivity index (χ1) is 8.77. The Hall–Kier alpha value is -1.51. The Morgan fingerprint density at radius 1 is 1.26 bits per heavy atom. The van der Waals surface area contributed by atoms with E-state index >= 15 is 0 Å². The lowest BCUT2D eigenvalue weighted by Crippen LogP contribution is -2.12. The summed E-state index contributed by atoms with van der Waals surface area (Å²) in [5, 5.41) is 2.35. The molecular weight excluding hydrogens is 258 g/mol. The molecule has 0 aliphatic carbocycles. The third-order valence-corrected chi connectivity index (χ3v) is 3.02. The van der Waals surface area contributed by atoms with Gasteiger partial charge in [0.25, 0.3) is 0 Å². The highest BCUT2D eigenvalue weighted by Crippen LogP contribution is 2.33. The monoisotopic (exact) mass is 277 g/mol. The van der Waals surface area contributed by atoms with Crippen LogP contribution in [0.2, 0.25) is 0 Å². The Morgan fingerprint density at radius 3 is 2.68 bits per heavy atom. The number of fused-ring (bicyclic) bond motifs is 1. The lowest BCUT2D eigenvalue weighted by atomic mass is 9.96. The van der Waals surface area contributed by atoms with Crippen LogP contribution in [0.5, 0.6) is 5.75 Å². The summed E-state index contributed by atoms with van der Waals surface area (Å²) < 4.78 is 5.70. The average Bonchev–Trinajstić information content (AvgIpc) is 2.39. The van der Waals surface area contributed by atoms with E-state index in [-0.39, 0.29) is 18.4 Å². The third kappa shape index (κ3) is 3.28. The molecule has 0 aromatic heterocycles. The van der Waals surface area contributed by atoms with Crippen molar-refractivity contribution in [2.75, 3.05) is 6.61 Å². The molecule has 0 unspecified atom stereocenters. The first kappa shape index (κ1) is 15.5. The maximum Gasteiger partial charge on any atom is 0.124 e. The number of benzene rings is 2. The normalized spacial score (nSPS) is 11.7. The van der Waals surface area contributed by atoms with Gasteiger partial charge in [0, 0.05) is 11.6 Å². The molecule has 0 radical (unpaired) electrons. The Kier molecular flexibility index (Phi) is 5.87. The lowest BCUT2D eigenvalue weighted by molar-refractivity contribution is 0.335. The van der Waals surface area contributed by atoms with Gasteiger partial charge in [-0.1, -0.05) is 36.4 Å². The second-order valence-corrected chi connectivity index (χ2v) is 4.26. The molecule has 3 heteroatoms. The van der Waals surface area contributed by atoms with E-state index in [1.807, 2.05) is 31.2 Å². The van der Waals surface area contributed by atoms with Crippen LogP contribution < -0.4 is 10.5 Å². The largest absolute Gasteiger partial charge is 0.494 e. The van der Waals surface area contributed by atoms with Crippen molar-refractivity contribution >= 4 is 23.2 Å². The maximum absolute atomic E-state index is 6.25. The van der Waals surface area contributed by atoms with Gasteiger partial charge in [0.2, 0.25) is 0 Å². The van der Waals surface area contributed by atoms with Gasteiger partial charge in [-0.15, -0.1) is 19.0 Å². The molecule has 0 spiro atoms. The number of hydrogen-bond donors (Lipinski definition) is 1. The molecule has 0 saturated carbocycles. The maximum atomic E-state index is 6.25. The van der Waals surface area contributed by atoms with Crippen LogP contribution in [0.1, 0.15) is 24.9 Å². The predicted octanol–water partition coefficient (Wildman–Crippen LogP) is 4.24. The highest BCUT2D eigenvalue weighted by atomic mass is 35.5. The molecule has 102 valence electrons. The summed E-state index contributed by atoms with van der Waals surface area (Å²) in [5.41, 5.74) is 7.33. The van der Waals surface area contributed by atoms with Crippen molar-refractivity contribution < 1.29 is 4.74 Å². The minimum absolute atomic E-state index is 0. The van der Waals surface area contributed by atoms with Crippen molar-refractivity contribution in [1.82, 2.24) is 0 Å². The van der Waals surface area contributed by atoms with E-state index in [4.69, 9.17) is 10.5 Å². The van der Waals surface area contributed by atoms with E-state index in [1.54, 1.807) is 0 Å². The summed E-state index contributed by atoms with van der Waals surface area (Å²) in [4.78, 5) is 0. The van der Waals surface area contributed by atoms with E-state index in [2.05, 4.69) is 24.8 Å². The SMILES string of the molecule is C=CC[C@H](N)c1c(OCC)ccc2ccccc12.Cl. The fourth-order valence-corrected chi connectivity index (χ4v) is 2.24. The zero-order chi connectivity index (χ0) is 13.0. The number of hydrogen-bond acceptors (Lipinski definition) is 2. The first-order valence-electron chi connectivity index (χ1n) is 6.28. The Balaban J connectivity index is 0.00000180. The van der Waals surface area contributed by atoms with Crippen molar-refractivity contribution in [1.29, 1.82) is 0 Å². The second kappa shape index (κ2) is 7.17. The minimum atomic E-state index is -0.0739. The number of halogens is 1. The molecule has 19 heavy (non-hydrogen) atoms. The highest BCUT2D eigenvalue weighted by Gasteiger charge is 2.14. The zero-order valence-corrected chi connectivity index (χ0v) is 12.0. The number of ether oxygens (including phenoxy) is 1. The van der Waals surface area contributed by atoms with E-state index in [9.17, 15) is 0 Å². The molecule has 1 atom stereocenters. The van der Waals surface area contributed by atoms with Gasteiger partial charge in [0.1, 0.15) is 5.75 Å². The van der Waals surface area contributed by atoms with Gasteiger partial charge in [0.05, 0.1) is 6.61 Å². The molecule has 0 amide bonds. The van der Waals surface area contributed by atoms with Crippen LogP contribution in [-0.4, -0.2) is 6.61 Å². The fourth-order valence-electron chi connectivity index (χ4n) is 2.24.